The quantitative estimate of drug-likeness (QED) is 0.742. The summed E-state index contributed by atoms with van der Waals surface area (Å²) in [6.45, 7) is 0. The Balaban J connectivity index is 1.93. The Morgan fingerprint density at radius 3 is 3.00 bits per heavy atom. The van der Waals surface area contributed by atoms with Gasteiger partial charge in [0.05, 0.1) is 0 Å². The monoisotopic (exact) mass is 236 g/mol. The van der Waals surface area contributed by atoms with E-state index < -0.39 is 0 Å². The highest BCUT2D eigenvalue weighted by Crippen LogP contribution is 2.23. The van der Waals surface area contributed by atoms with Crippen molar-refractivity contribution >= 4 is 10.9 Å². The van der Waals surface area contributed by atoms with Crippen LogP contribution in [0.2, 0.25) is 0 Å². The third kappa shape index (κ3) is 1.87. The zero-order valence-electron chi connectivity index (χ0n) is 9.29. The maximum atomic E-state index is 8.74. The van der Waals surface area contributed by atoms with Crippen LogP contribution in [-0.4, -0.2) is 15.0 Å². The molecule has 2 heterocycles. The third-order valence-electron chi connectivity index (χ3n) is 2.50. The standard InChI is InChI=1S/C13H8N4O/c14-7-10-6-13(17-8-16-10)18-11-1-2-12-9(5-11)3-4-15-12/h1-6,8,15H. The fraction of sp³-hybridized carbons (Fsp3) is 0. The number of nitrogens with one attached hydrogen (secondary N) is 1. The summed E-state index contributed by atoms with van der Waals surface area (Å²) in [4.78, 5) is 10.8. The number of hydrogen-bond donors (Lipinski definition) is 1. The average Bonchev–Trinajstić information content (AvgIpc) is 2.86. The van der Waals surface area contributed by atoms with Crippen molar-refractivity contribution in [3.05, 3.63) is 48.5 Å². The van der Waals surface area contributed by atoms with Crippen molar-refractivity contribution < 1.29 is 4.74 Å². The second-order valence-electron chi connectivity index (χ2n) is 3.68. The first kappa shape index (κ1) is 10.3. The van der Waals surface area contributed by atoms with E-state index in [9.17, 15) is 0 Å². The average molecular weight is 236 g/mol. The molecule has 0 atom stereocenters. The summed E-state index contributed by atoms with van der Waals surface area (Å²) in [5.74, 6) is 1.03. The minimum atomic E-state index is 0.280. The van der Waals surface area contributed by atoms with Crippen LogP contribution in [0.4, 0.5) is 0 Å². The summed E-state index contributed by atoms with van der Waals surface area (Å²) >= 11 is 0. The number of aromatic amines is 1. The molecular formula is C13H8N4O. The molecule has 86 valence electrons. The first-order valence-electron chi connectivity index (χ1n) is 5.32. The maximum absolute atomic E-state index is 8.74. The van der Waals surface area contributed by atoms with Crippen LogP contribution in [0, 0.1) is 11.3 Å². The van der Waals surface area contributed by atoms with Crippen LogP contribution in [0.15, 0.2) is 42.9 Å². The molecular weight excluding hydrogens is 228 g/mol. The molecule has 0 radical (unpaired) electrons. The predicted octanol–water partition coefficient (Wildman–Crippen LogP) is 2.62. The van der Waals surface area contributed by atoms with E-state index in [0.717, 1.165) is 10.9 Å². The molecule has 5 nitrogen and oxygen atoms in total. The second-order valence-corrected chi connectivity index (χ2v) is 3.68. The molecule has 0 amide bonds. The number of rotatable bonds is 2. The zero-order chi connectivity index (χ0) is 12.4. The molecule has 1 N–H and O–H groups in total. The largest absolute Gasteiger partial charge is 0.439 e. The van der Waals surface area contributed by atoms with Gasteiger partial charge in [-0.25, -0.2) is 9.97 Å². The van der Waals surface area contributed by atoms with Crippen molar-refractivity contribution in [2.75, 3.05) is 0 Å². The van der Waals surface area contributed by atoms with Gasteiger partial charge in [-0.3, -0.25) is 0 Å². The van der Waals surface area contributed by atoms with Crippen molar-refractivity contribution in [1.82, 2.24) is 15.0 Å². The normalized spacial score (nSPS) is 10.2. The van der Waals surface area contributed by atoms with E-state index in [-0.39, 0.29) is 5.69 Å². The van der Waals surface area contributed by atoms with Gasteiger partial charge in [-0.05, 0) is 24.3 Å². The Kier molecular flexibility index (Phi) is 2.39. The number of hydrogen-bond acceptors (Lipinski definition) is 4. The number of H-pyrrole nitrogens is 1. The van der Waals surface area contributed by atoms with Gasteiger partial charge in [-0.15, -0.1) is 0 Å². The lowest BCUT2D eigenvalue weighted by Gasteiger charge is -2.04. The van der Waals surface area contributed by atoms with Gasteiger partial charge in [0, 0.05) is 23.2 Å². The van der Waals surface area contributed by atoms with Crippen LogP contribution < -0.4 is 4.74 Å². The second kappa shape index (κ2) is 4.18. The van der Waals surface area contributed by atoms with Gasteiger partial charge < -0.3 is 9.72 Å². The molecule has 0 saturated heterocycles. The van der Waals surface area contributed by atoms with E-state index in [4.69, 9.17) is 10.00 Å². The van der Waals surface area contributed by atoms with Crippen molar-refractivity contribution in [3.63, 3.8) is 0 Å². The molecule has 18 heavy (non-hydrogen) atoms. The van der Waals surface area contributed by atoms with Crippen molar-refractivity contribution in [2.24, 2.45) is 0 Å². The number of aromatic nitrogens is 3. The molecule has 1 aromatic carbocycles. The Hall–Kier alpha value is -2.87. The summed E-state index contributed by atoms with van der Waals surface area (Å²) in [6, 6.07) is 11.1. The molecule has 2 aromatic heterocycles. The molecule has 0 bridgehead atoms. The molecule has 0 aliphatic heterocycles. The number of nitriles is 1. The van der Waals surface area contributed by atoms with Crippen molar-refractivity contribution in [3.8, 4) is 17.7 Å². The van der Waals surface area contributed by atoms with E-state index in [0.29, 0.717) is 11.6 Å². The molecule has 0 saturated carbocycles. The maximum Gasteiger partial charge on any atom is 0.223 e. The third-order valence-corrected chi connectivity index (χ3v) is 2.50. The van der Waals surface area contributed by atoms with Gasteiger partial charge in [0.15, 0.2) is 0 Å². The highest BCUT2D eigenvalue weighted by atomic mass is 16.5. The molecule has 0 fully saturated rings. The van der Waals surface area contributed by atoms with E-state index in [1.165, 1.54) is 12.4 Å². The molecule has 3 rings (SSSR count). The van der Waals surface area contributed by atoms with Gasteiger partial charge in [-0.1, -0.05) is 0 Å². The lowest BCUT2D eigenvalue weighted by Crippen LogP contribution is -1.90. The highest BCUT2D eigenvalue weighted by molar-refractivity contribution is 5.80. The number of nitrogens with zero attached hydrogens (tertiary/aromatic N) is 3. The molecule has 5 heteroatoms. The van der Waals surface area contributed by atoms with Crippen LogP contribution in [0.3, 0.4) is 0 Å². The van der Waals surface area contributed by atoms with Gasteiger partial charge >= 0.3 is 0 Å². The smallest absolute Gasteiger partial charge is 0.223 e. The Labute approximate surface area is 103 Å². The lowest BCUT2D eigenvalue weighted by atomic mass is 10.2. The molecule has 0 aliphatic carbocycles. The molecule has 0 unspecified atom stereocenters. The Bertz CT molecular complexity index is 742. The van der Waals surface area contributed by atoms with Gasteiger partial charge in [0.1, 0.15) is 23.8 Å². The fourth-order valence-electron chi connectivity index (χ4n) is 1.67. The number of benzene rings is 1. The summed E-state index contributed by atoms with van der Waals surface area (Å²) in [7, 11) is 0. The Morgan fingerprint density at radius 1 is 1.17 bits per heavy atom. The minimum absolute atomic E-state index is 0.280. The zero-order valence-corrected chi connectivity index (χ0v) is 9.29. The van der Waals surface area contributed by atoms with Crippen LogP contribution in [0.25, 0.3) is 10.9 Å². The Morgan fingerprint density at radius 2 is 2.11 bits per heavy atom. The first-order valence-corrected chi connectivity index (χ1v) is 5.32. The SMILES string of the molecule is N#Cc1cc(Oc2ccc3[nH]ccc3c2)ncn1. The van der Waals surface area contributed by atoms with E-state index >= 15 is 0 Å². The minimum Gasteiger partial charge on any atom is -0.439 e. The van der Waals surface area contributed by atoms with Crippen LogP contribution in [0.5, 0.6) is 11.6 Å². The van der Waals surface area contributed by atoms with Gasteiger partial charge in [0.25, 0.3) is 0 Å². The summed E-state index contributed by atoms with van der Waals surface area (Å²) < 4.78 is 5.58. The van der Waals surface area contributed by atoms with Gasteiger partial charge in [0.2, 0.25) is 5.88 Å². The predicted molar refractivity (Wildman–Crippen MR) is 65.1 cm³/mol. The highest BCUT2D eigenvalue weighted by Gasteiger charge is 2.02. The fourth-order valence-corrected chi connectivity index (χ4v) is 1.67. The van der Waals surface area contributed by atoms with E-state index in [2.05, 4.69) is 15.0 Å². The molecule has 0 spiro atoms. The summed E-state index contributed by atoms with van der Waals surface area (Å²) in [5.41, 5.74) is 1.32. The van der Waals surface area contributed by atoms with Crippen LogP contribution >= 0.6 is 0 Å². The summed E-state index contributed by atoms with van der Waals surface area (Å²) in [5, 5.41) is 9.80. The molecule has 0 aliphatic rings. The first-order chi connectivity index (χ1) is 8.85. The van der Waals surface area contributed by atoms with E-state index in [1.54, 1.807) is 0 Å². The number of fused-ring (bicyclic) bond motifs is 1. The van der Waals surface area contributed by atoms with E-state index in [1.807, 2.05) is 36.5 Å². The number of ether oxygens (including phenoxy) is 1. The van der Waals surface area contributed by atoms with Gasteiger partial charge in [-0.2, -0.15) is 5.26 Å². The molecule has 3 aromatic rings. The van der Waals surface area contributed by atoms with Crippen molar-refractivity contribution in [1.29, 1.82) is 5.26 Å². The summed E-state index contributed by atoms with van der Waals surface area (Å²) in [6.07, 6.45) is 3.18. The lowest BCUT2D eigenvalue weighted by molar-refractivity contribution is 0.462. The van der Waals surface area contributed by atoms with Crippen LogP contribution in [-0.2, 0) is 0 Å². The topological polar surface area (TPSA) is 74.6 Å². The van der Waals surface area contributed by atoms with Crippen LogP contribution in [0.1, 0.15) is 5.69 Å². The van der Waals surface area contributed by atoms with Crippen molar-refractivity contribution in [2.45, 2.75) is 0 Å².